The molecule has 0 radical (unpaired) electrons. The second-order valence-electron chi connectivity index (χ2n) is 7.65. The SMILES string of the molecule is Cc1cc(/C=C2/SC(=Nc3ccc(F)cc3)NC2=O)c(C)n1-c1ccc2ccccc2c1. The van der Waals surface area contributed by atoms with Crippen LogP contribution in [0, 0.1) is 19.7 Å². The van der Waals surface area contributed by atoms with E-state index in [1.54, 1.807) is 12.1 Å². The fourth-order valence-corrected chi connectivity index (χ4v) is 4.73. The zero-order chi connectivity index (χ0) is 22.2. The van der Waals surface area contributed by atoms with Crippen molar-refractivity contribution in [1.82, 2.24) is 9.88 Å². The molecule has 1 amide bonds. The third kappa shape index (κ3) is 3.85. The van der Waals surface area contributed by atoms with Crippen LogP contribution in [0.1, 0.15) is 17.0 Å². The van der Waals surface area contributed by atoms with Crippen LogP contribution in [0.4, 0.5) is 10.1 Å². The van der Waals surface area contributed by atoms with Gasteiger partial charge in [-0.15, -0.1) is 0 Å². The van der Waals surface area contributed by atoms with Crippen LogP contribution in [0.15, 0.2) is 82.7 Å². The number of hydrogen-bond acceptors (Lipinski definition) is 3. The number of benzene rings is 3. The summed E-state index contributed by atoms with van der Waals surface area (Å²) < 4.78 is 15.3. The number of nitrogens with zero attached hydrogens (tertiary/aromatic N) is 2. The molecule has 5 rings (SSSR count). The van der Waals surface area contributed by atoms with E-state index in [1.165, 1.54) is 34.7 Å². The number of rotatable bonds is 3. The van der Waals surface area contributed by atoms with Gasteiger partial charge in [0, 0.05) is 17.1 Å². The molecule has 0 bridgehead atoms. The normalized spacial score (nSPS) is 16.3. The minimum Gasteiger partial charge on any atom is -0.318 e. The van der Waals surface area contributed by atoms with Crippen molar-refractivity contribution in [2.24, 2.45) is 4.99 Å². The van der Waals surface area contributed by atoms with Crippen LogP contribution < -0.4 is 5.32 Å². The minimum atomic E-state index is -0.320. The van der Waals surface area contributed by atoms with E-state index >= 15 is 0 Å². The Morgan fingerprint density at radius 2 is 1.72 bits per heavy atom. The number of aromatic nitrogens is 1. The summed E-state index contributed by atoms with van der Waals surface area (Å²) in [7, 11) is 0. The van der Waals surface area contributed by atoms with Crippen LogP contribution >= 0.6 is 11.8 Å². The van der Waals surface area contributed by atoms with Crippen LogP contribution in [0.25, 0.3) is 22.5 Å². The summed E-state index contributed by atoms with van der Waals surface area (Å²) in [6.07, 6.45) is 1.90. The van der Waals surface area contributed by atoms with E-state index in [1.807, 2.05) is 18.2 Å². The van der Waals surface area contributed by atoms with Crippen LogP contribution in [0.3, 0.4) is 0 Å². The number of hydrogen-bond donors (Lipinski definition) is 1. The van der Waals surface area contributed by atoms with Crippen LogP contribution in [0.2, 0.25) is 0 Å². The zero-order valence-corrected chi connectivity index (χ0v) is 18.4. The van der Waals surface area contributed by atoms with Crippen molar-refractivity contribution < 1.29 is 9.18 Å². The number of thioether (sulfide) groups is 1. The summed E-state index contributed by atoms with van der Waals surface area (Å²) in [6, 6.07) is 22.6. The highest BCUT2D eigenvalue weighted by atomic mass is 32.2. The van der Waals surface area contributed by atoms with Gasteiger partial charge >= 0.3 is 0 Å². The first-order valence-corrected chi connectivity index (χ1v) is 11.0. The van der Waals surface area contributed by atoms with E-state index < -0.39 is 0 Å². The van der Waals surface area contributed by atoms with E-state index in [-0.39, 0.29) is 11.7 Å². The average molecular weight is 442 g/mol. The molecule has 0 atom stereocenters. The van der Waals surface area contributed by atoms with E-state index in [0.29, 0.717) is 15.8 Å². The van der Waals surface area contributed by atoms with Gasteiger partial charge in [-0.3, -0.25) is 4.79 Å². The first-order chi connectivity index (χ1) is 15.5. The van der Waals surface area contributed by atoms with Gasteiger partial charge in [0.1, 0.15) is 5.82 Å². The van der Waals surface area contributed by atoms with Gasteiger partial charge < -0.3 is 9.88 Å². The zero-order valence-electron chi connectivity index (χ0n) is 17.6. The van der Waals surface area contributed by atoms with E-state index in [4.69, 9.17) is 0 Å². The van der Waals surface area contributed by atoms with Crippen molar-refractivity contribution in [2.45, 2.75) is 13.8 Å². The molecule has 0 spiro atoms. The van der Waals surface area contributed by atoms with Gasteiger partial charge in [-0.2, -0.15) is 0 Å². The fraction of sp³-hybridized carbons (Fsp3) is 0.0769. The lowest BCUT2D eigenvalue weighted by atomic mass is 10.1. The molecule has 3 aromatic carbocycles. The largest absolute Gasteiger partial charge is 0.318 e. The number of carbonyl (C=O) groups is 1. The predicted molar refractivity (Wildman–Crippen MR) is 130 cm³/mol. The van der Waals surface area contributed by atoms with Crippen molar-refractivity contribution in [2.75, 3.05) is 0 Å². The van der Waals surface area contributed by atoms with Crippen LogP contribution in [0.5, 0.6) is 0 Å². The van der Waals surface area contributed by atoms with Gasteiger partial charge in [0.05, 0.1) is 10.6 Å². The summed E-state index contributed by atoms with van der Waals surface area (Å²) in [5.74, 6) is -0.509. The number of nitrogens with one attached hydrogen (secondary N) is 1. The second-order valence-corrected chi connectivity index (χ2v) is 8.68. The lowest BCUT2D eigenvalue weighted by Crippen LogP contribution is -2.19. The lowest BCUT2D eigenvalue weighted by Gasteiger charge is -2.11. The number of fused-ring (bicyclic) bond motifs is 1. The molecule has 1 aromatic heterocycles. The van der Waals surface area contributed by atoms with Crippen molar-refractivity contribution in [3.8, 4) is 5.69 Å². The van der Waals surface area contributed by atoms with E-state index in [2.05, 4.69) is 65.1 Å². The second kappa shape index (κ2) is 8.13. The highest BCUT2D eigenvalue weighted by Crippen LogP contribution is 2.31. The molecule has 158 valence electrons. The molecule has 1 fully saturated rings. The maximum Gasteiger partial charge on any atom is 0.264 e. The molecule has 1 N–H and O–H groups in total. The molecule has 4 aromatic rings. The summed E-state index contributed by atoms with van der Waals surface area (Å²) in [5, 5.41) is 5.65. The number of amides is 1. The summed E-state index contributed by atoms with van der Waals surface area (Å²) in [5.41, 5.74) is 4.81. The van der Waals surface area contributed by atoms with E-state index in [0.717, 1.165) is 22.6 Å². The Hall–Kier alpha value is -3.64. The fourth-order valence-electron chi connectivity index (χ4n) is 3.90. The molecule has 0 saturated carbocycles. The van der Waals surface area contributed by atoms with Gasteiger partial charge in [0.15, 0.2) is 5.17 Å². The highest BCUT2D eigenvalue weighted by Gasteiger charge is 2.24. The van der Waals surface area contributed by atoms with Gasteiger partial charge in [-0.25, -0.2) is 9.38 Å². The van der Waals surface area contributed by atoms with Gasteiger partial charge in [0.25, 0.3) is 5.91 Å². The average Bonchev–Trinajstić information content (AvgIpc) is 3.27. The highest BCUT2D eigenvalue weighted by molar-refractivity contribution is 8.18. The third-order valence-electron chi connectivity index (χ3n) is 5.46. The van der Waals surface area contributed by atoms with Gasteiger partial charge in [0.2, 0.25) is 0 Å². The van der Waals surface area contributed by atoms with Crippen molar-refractivity contribution in [3.05, 3.63) is 100 Å². The molecule has 2 heterocycles. The number of amidine groups is 1. The predicted octanol–water partition coefficient (Wildman–Crippen LogP) is 6.28. The summed E-state index contributed by atoms with van der Waals surface area (Å²) >= 11 is 1.28. The summed E-state index contributed by atoms with van der Waals surface area (Å²) in [6.45, 7) is 4.12. The number of aryl methyl sites for hydroxylation is 1. The molecule has 32 heavy (non-hydrogen) atoms. The molecule has 1 saturated heterocycles. The Morgan fingerprint density at radius 3 is 2.50 bits per heavy atom. The third-order valence-corrected chi connectivity index (χ3v) is 6.37. The standard InChI is InChI=1S/C26H20FN3OS/c1-16-13-20(17(2)30(16)23-12-7-18-5-3-4-6-19(18)14-23)15-24-25(31)29-26(32-24)28-22-10-8-21(27)9-11-22/h3-15H,1-2H3,(H,28,29,31)/b24-15+. The Balaban J connectivity index is 1.46. The quantitative estimate of drug-likeness (QED) is 0.381. The topological polar surface area (TPSA) is 46.4 Å². The monoisotopic (exact) mass is 441 g/mol. The molecule has 4 nitrogen and oxygen atoms in total. The first kappa shape index (κ1) is 20.3. The van der Waals surface area contributed by atoms with Crippen LogP contribution in [-0.2, 0) is 4.79 Å². The van der Waals surface area contributed by atoms with Crippen molar-refractivity contribution >= 4 is 45.4 Å². The Kier molecular flexibility index (Phi) is 5.15. The van der Waals surface area contributed by atoms with Crippen LogP contribution in [-0.4, -0.2) is 15.6 Å². The molecule has 1 aliphatic heterocycles. The number of halogens is 1. The molecule has 1 aliphatic rings. The molecule has 0 unspecified atom stereocenters. The number of aliphatic imine (C=N–C) groups is 1. The molecule has 0 aliphatic carbocycles. The molecular formula is C26H20FN3OS. The van der Waals surface area contributed by atoms with Crippen molar-refractivity contribution in [1.29, 1.82) is 0 Å². The Bertz CT molecular complexity index is 1420. The lowest BCUT2D eigenvalue weighted by molar-refractivity contribution is -0.115. The molecular weight excluding hydrogens is 421 g/mol. The minimum absolute atomic E-state index is 0.189. The summed E-state index contributed by atoms with van der Waals surface area (Å²) in [4.78, 5) is 17.5. The van der Waals surface area contributed by atoms with E-state index in [9.17, 15) is 9.18 Å². The van der Waals surface area contributed by atoms with Gasteiger partial charge in [-0.1, -0.05) is 30.3 Å². The maximum atomic E-state index is 13.1. The first-order valence-electron chi connectivity index (χ1n) is 10.2. The van der Waals surface area contributed by atoms with Crippen molar-refractivity contribution in [3.63, 3.8) is 0 Å². The smallest absolute Gasteiger partial charge is 0.264 e. The Labute approximate surface area is 189 Å². The number of carbonyl (C=O) groups excluding carboxylic acids is 1. The molecule has 6 heteroatoms. The maximum absolute atomic E-state index is 13.1. The van der Waals surface area contributed by atoms with Gasteiger partial charge in [-0.05, 0) is 90.5 Å². The Morgan fingerprint density at radius 1 is 0.969 bits per heavy atom.